The third-order valence-corrected chi connectivity index (χ3v) is 6.71. The van der Waals surface area contributed by atoms with Crippen LogP contribution in [0.3, 0.4) is 0 Å². The van der Waals surface area contributed by atoms with Crippen LogP contribution in [0.5, 0.6) is 0 Å². The summed E-state index contributed by atoms with van der Waals surface area (Å²) >= 11 is 3.35. The number of carbonyl (C=O) groups is 1. The largest absolute Gasteiger partial charge is 0.336 e. The van der Waals surface area contributed by atoms with Crippen molar-refractivity contribution in [3.8, 4) is 0 Å². The fourth-order valence-electron chi connectivity index (χ4n) is 3.14. The fraction of sp³-hybridized carbons (Fsp3) is 0.375. The summed E-state index contributed by atoms with van der Waals surface area (Å²) < 4.78 is 4.47. The van der Waals surface area contributed by atoms with E-state index >= 15 is 0 Å². The molecule has 1 saturated heterocycles. The SMILES string of the molecule is Cc1c(C(=O)N2CCC[C@@H](n3cccn3)C2)sc2ccsc12. The molecule has 0 aromatic carbocycles. The average Bonchev–Trinajstić information content (AvgIpc) is 3.26. The second-order valence-electron chi connectivity index (χ2n) is 5.70. The second-order valence-corrected chi connectivity index (χ2v) is 7.67. The number of aryl methyl sites for hydroxylation is 1. The molecule has 22 heavy (non-hydrogen) atoms. The summed E-state index contributed by atoms with van der Waals surface area (Å²) in [6.07, 6.45) is 5.92. The second kappa shape index (κ2) is 5.52. The molecule has 1 aliphatic heterocycles. The smallest absolute Gasteiger partial charge is 0.264 e. The molecular formula is C16H17N3OS2. The van der Waals surface area contributed by atoms with Gasteiger partial charge in [0.2, 0.25) is 0 Å². The highest BCUT2D eigenvalue weighted by atomic mass is 32.1. The van der Waals surface area contributed by atoms with E-state index in [1.807, 2.05) is 21.8 Å². The number of hydrogen-bond donors (Lipinski definition) is 0. The molecule has 0 spiro atoms. The zero-order chi connectivity index (χ0) is 15.1. The number of amides is 1. The van der Waals surface area contributed by atoms with E-state index in [1.54, 1.807) is 28.9 Å². The van der Waals surface area contributed by atoms with Crippen molar-refractivity contribution in [2.45, 2.75) is 25.8 Å². The lowest BCUT2D eigenvalue weighted by Gasteiger charge is -2.32. The Kier molecular flexibility index (Phi) is 3.50. The van der Waals surface area contributed by atoms with E-state index in [9.17, 15) is 4.79 Å². The topological polar surface area (TPSA) is 38.1 Å². The maximum atomic E-state index is 12.9. The van der Waals surface area contributed by atoms with Crippen LogP contribution in [0.4, 0.5) is 0 Å². The molecule has 0 aliphatic carbocycles. The Morgan fingerprint density at radius 3 is 3.14 bits per heavy atom. The standard InChI is InChI=1S/C16H17N3OS2/c1-11-14-13(5-9-21-14)22-15(11)16(20)18-7-2-4-12(10-18)19-8-3-6-17-19/h3,5-6,8-9,12H,2,4,7,10H2,1H3/t12-/m1/s1. The first-order valence-electron chi connectivity index (χ1n) is 7.49. The lowest BCUT2D eigenvalue weighted by Crippen LogP contribution is -2.40. The van der Waals surface area contributed by atoms with Gasteiger partial charge < -0.3 is 4.90 Å². The molecule has 1 amide bonds. The van der Waals surface area contributed by atoms with E-state index < -0.39 is 0 Å². The molecule has 0 saturated carbocycles. The van der Waals surface area contributed by atoms with Crippen molar-refractivity contribution in [3.05, 3.63) is 40.3 Å². The van der Waals surface area contributed by atoms with Crippen molar-refractivity contribution in [3.63, 3.8) is 0 Å². The highest BCUT2D eigenvalue weighted by Gasteiger charge is 2.28. The maximum absolute atomic E-state index is 12.9. The minimum atomic E-state index is 0.183. The Morgan fingerprint density at radius 1 is 1.45 bits per heavy atom. The minimum Gasteiger partial charge on any atom is -0.336 e. The number of piperidine rings is 1. The molecule has 114 valence electrons. The van der Waals surface area contributed by atoms with Gasteiger partial charge in [0.25, 0.3) is 5.91 Å². The summed E-state index contributed by atoms with van der Waals surface area (Å²) in [5.74, 6) is 0.183. The van der Waals surface area contributed by atoms with E-state index in [1.165, 1.54) is 9.40 Å². The van der Waals surface area contributed by atoms with Crippen LogP contribution in [-0.2, 0) is 0 Å². The highest BCUT2D eigenvalue weighted by Crippen LogP contribution is 2.36. The van der Waals surface area contributed by atoms with E-state index in [-0.39, 0.29) is 5.91 Å². The van der Waals surface area contributed by atoms with Crippen LogP contribution in [0.25, 0.3) is 9.40 Å². The lowest BCUT2D eigenvalue weighted by atomic mass is 10.1. The monoisotopic (exact) mass is 331 g/mol. The number of hydrogen-bond acceptors (Lipinski definition) is 4. The number of rotatable bonds is 2. The Morgan fingerprint density at radius 2 is 2.36 bits per heavy atom. The Bertz CT molecular complexity index is 803. The molecule has 1 aliphatic rings. The van der Waals surface area contributed by atoms with Gasteiger partial charge in [0.1, 0.15) is 0 Å². The van der Waals surface area contributed by atoms with Gasteiger partial charge in [-0.1, -0.05) is 0 Å². The first-order chi connectivity index (χ1) is 10.7. The Hall–Kier alpha value is -1.66. The van der Waals surface area contributed by atoms with Gasteiger partial charge in [-0.3, -0.25) is 9.48 Å². The van der Waals surface area contributed by atoms with Gasteiger partial charge in [-0.2, -0.15) is 5.10 Å². The minimum absolute atomic E-state index is 0.183. The quantitative estimate of drug-likeness (QED) is 0.713. The zero-order valence-corrected chi connectivity index (χ0v) is 14.0. The summed E-state index contributed by atoms with van der Waals surface area (Å²) in [4.78, 5) is 15.8. The average molecular weight is 331 g/mol. The molecule has 0 unspecified atom stereocenters. The Labute approximate surface area is 137 Å². The number of thiophene rings is 2. The molecular weight excluding hydrogens is 314 g/mol. The number of carbonyl (C=O) groups excluding carboxylic acids is 1. The van der Waals surface area contributed by atoms with Crippen molar-refractivity contribution in [2.24, 2.45) is 0 Å². The summed E-state index contributed by atoms with van der Waals surface area (Å²) in [6, 6.07) is 4.35. The third-order valence-electron chi connectivity index (χ3n) is 4.30. The molecule has 1 fully saturated rings. The number of likely N-dealkylation sites (tertiary alicyclic amines) is 1. The van der Waals surface area contributed by atoms with E-state index in [2.05, 4.69) is 23.5 Å². The molecule has 4 rings (SSSR count). The molecule has 0 bridgehead atoms. The van der Waals surface area contributed by atoms with Crippen LogP contribution in [0, 0.1) is 6.92 Å². The first-order valence-corrected chi connectivity index (χ1v) is 9.18. The van der Waals surface area contributed by atoms with Crippen LogP contribution in [0.15, 0.2) is 29.9 Å². The summed E-state index contributed by atoms with van der Waals surface area (Å²) in [5, 5.41) is 6.43. The molecule has 0 N–H and O–H groups in total. The van der Waals surface area contributed by atoms with E-state index in [4.69, 9.17) is 0 Å². The summed E-state index contributed by atoms with van der Waals surface area (Å²) in [7, 11) is 0. The van der Waals surface area contributed by atoms with Crippen molar-refractivity contribution in [2.75, 3.05) is 13.1 Å². The van der Waals surface area contributed by atoms with Crippen molar-refractivity contribution in [1.82, 2.24) is 14.7 Å². The molecule has 4 heterocycles. The highest BCUT2D eigenvalue weighted by molar-refractivity contribution is 7.28. The molecule has 4 nitrogen and oxygen atoms in total. The molecule has 6 heteroatoms. The number of nitrogens with zero attached hydrogens (tertiary/aromatic N) is 3. The third kappa shape index (κ3) is 2.27. The molecule has 3 aromatic rings. The lowest BCUT2D eigenvalue weighted by molar-refractivity contribution is 0.0677. The van der Waals surface area contributed by atoms with Crippen molar-refractivity contribution < 1.29 is 4.79 Å². The van der Waals surface area contributed by atoms with Crippen LogP contribution >= 0.6 is 22.7 Å². The van der Waals surface area contributed by atoms with Crippen LogP contribution < -0.4 is 0 Å². The van der Waals surface area contributed by atoms with Gasteiger partial charge in [0, 0.05) is 34.9 Å². The van der Waals surface area contributed by atoms with Crippen LogP contribution in [0.2, 0.25) is 0 Å². The van der Waals surface area contributed by atoms with Gasteiger partial charge in [-0.25, -0.2) is 0 Å². The molecule has 1 atom stereocenters. The molecule has 0 radical (unpaired) electrons. The van der Waals surface area contributed by atoms with Gasteiger partial charge in [-0.05, 0) is 42.8 Å². The normalized spacial score (nSPS) is 19.0. The zero-order valence-electron chi connectivity index (χ0n) is 12.4. The maximum Gasteiger partial charge on any atom is 0.264 e. The summed E-state index contributed by atoms with van der Waals surface area (Å²) in [5.41, 5.74) is 1.14. The van der Waals surface area contributed by atoms with Gasteiger partial charge >= 0.3 is 0 Å². The fourth-order valence-corrected chi connectivity index (χ4v) is 5.44. The van der Waals surface area contributed by atoms with Gasteiger partial charge in [0.15, 0.2) is 0 Å². The summed E-state index contributed by atoms with van der Waals surface area (Å²) in [6.45, 7) is 3.67. The Balaban J connectivity index is 1.59. The van der Waals surface area contributed by atoms with Gasteiger partial charge in [-0.15, -0.1) is 22.7 Å². The first kappa shape index (κ1) is 14.0. The number of aromatic nitrogens is 2. The van der Waals surface area contributed by atoms with Crippen molar-refractivity contribution >= 4 is 38.0 Å². The number of fused-ring (bicyclic) bond motifs is 1. The molecule has 3 aromatic heterocycles. The van der Waals surface area contributed by atoms with E-state index in [0.29, 0.717) is 6.04 Å². The predicted molar refractivity (Wildman–Crippen MR) is 90.8 cm³/mol. The van der Waals surface area contributed by atoms with E-state index in [0.717, 1.165) is 36.4 Å². The van der Waals surface area contributed by atoms with Crippen molar-refractivity contribution in [1.29, 1.82) is 0 Å². The van der Waals surface area contributed by atoms with Gasteiger partial charge in [0.05, 0.1) is 10.9 Å². The predicted octanol–water partition coefficient (Wildman–Crippen LogP) is 3.95. The van der Waals surface area contributed by atoms with Crippen LogP contribution in [0.1, 0.15) is 34.1 Å². The van der Waals surface area contributed by atoms with Crippen LogP contribution in [-0.4, -0.2) is 33.7 Å².